The summed E-state index contributed by atoms with van der Waals surface area (Å²) in [5.74, 6) is 1.51. The molecule has 29 heavy (non-hydrogen) atoms. The minimum absolute atomic E-state index is 0.0184. The molecule has 0 bridgehead atoms. The fourth-order valence-corrected chi connectivity index (χ4v) is 3.72. The highest BCUT2D eigenvalue weighted by molar-refractivity contribution is 7.71. The molecule has 0 saturated carbocycles. The first-order chi connectivity index (χ1) is 14.0. The van der Waals surface area contributed by atoms with Crippen molar-refractivity contribution < 1.29 is 4.79 Å². The Hall–Kier alpha value is -2.73. The Labute approximate surface area is 177 Å². The number of aromatic nitrogens is 3. The molecule has 0 spiro atoms. The minimum Gasteiger partial charge on any atom is -0.355 e. The highest BCUT2D eigenvalue weighted by Gasteiger charge is 2.17. The van der Waals surface area contributed by atoms with Crippen molar-refractivity contribution in [3.8, 4) is 11.4 Å². The monoisotopic (exact) mass is 408 g/mol. The number of carbonyl (C=O) groups excluding carboxylic acids is 1. The van der Waals surface area contributed by atoms with Gasteiger partial charge in [-0.25, -0.2) is 0 Å². The summed E-state index contributed by atoms with van der Waals surface area (Å²) in [5, 5.41) is 10.3. The van der Waals surface area contributed by atoms with Crippen LogP contribution in [0, 0.1) is 17.6 Å². The molecule has 1 atom stereocenters. The van der Waals surface area contributed by atoms with Crippen LogP contribution in [-0.4, -0.2) is 27.2 Å². The van der Waals surface area contributed by atoms with Gasteiger partial charge in [-0.15, -0.1) is 0 Å². The summed E-state index contributed by atoms with van der Waals surface area (Å²) in [6.45, 7) is 7.52. The molecule has 2 aromatic carbocycles. The van der Waals surface area contributed by atoms with Crippen molar-refractivity contribution in [2.75, 3.05) is 6.54 Å². The van der Waals surface area contributed by atoms with Crippen LogP contribution in [0.15, 0.2) is 54.6 Å². The topological polar surface area (TPSA) is 62.7 Å². The third-order valence-electron chi connectivity index (χ3n) is 5.15. The maximum atomic E-state index is 12.5. The van der Waals surface area contributed by atoms with Gasteiger partial charge in [0.1, 0.15) is 0 Å². The van der Waals surface area contributed by atoms with E-state index in [0.29, 0.717) is 36.1 Å². The van der Waals surface area contributed by atoms with E-state index in [-0.39, 0.29) is 5.91 Å². The first kappa shape index (κ1) is 21.0. The Morgan fingerprint density at radius 1 is 1.17 bits per heavy atom. The molecule has 3 aromatic rings. The van der Waals surface area contributed by atoms with Crippen LogP contribution in [-0.2, 0) is 11.3 Å². The fraction of sp³-hybridized carbons (Fsp3) is 0.348. The third-order valence-corrected chi connectivity index (χ3v) is 5.46. The largest absolute Gasteiger partial charge is 0.355 e. The maximum Gasteiger partial charge on any atom is 0.221 e. The Kier molecular flexibility index (Phi) is 6.99. The van der Waals surface area contributed by atoms with E-state index in [2.05, 4.69) is 47.6 Å². The summed E-state index contributed by atoms with van der Waals surface area (Å²) in [7, 11) is 0. The van der Waals surface area contributed by atoms with E-state index < -0.39 is 0 Å². The van der Waals surface area contributed by atoms with E-state index in [9.17, 15) is 4.79 Å². The molecule has 0 fully saturated rings. The molecule has 0 saturated heterocycles. The van der Waals surface area contributed by atoms with E-state index in [1.165, 1.54) is 5.56 Å². The first-order valence-corrected chi connectivity index (χ1v) is 10.4. The Bertz CT molecular complexity index is 1010. The number of H-pyrrole nitrogens is 1. The van der Waals surface area contributed by atoms with Crippen molar-refractivity contribution in [2.45, 2.75) is 39.7 Å². The van der Waals surface area contributed by atoms with Gasteiger partial charge in [-0.2, -0.15) is 5.10 Å². The Balaban J connectivity index is 1.63. The standard InChI is InChI=1S/C23H28N4OS/c1-16(2)20(18-9-5-4-6-10-18)15-24-21(28)12-13-27-22(25-26-23(27)29)19-11-7-8-17(3)14-19/h4-11,14,16,20H,12-13,15H2,1-3H3,(H,24,28)(H,26,29). The maximum absolute atomic E-state index is 12.5. The summed E-state index contributed by atoms with van der Waals surface area (Å²) in [6, 6.07) is 18.4. The predicted molar refractivity (Wildman–Crippen MR) is 119 cm³/mol. The molecule has 1 heterocycles. The molecule has 5 nitrogen and oxygen atoms in total. The van der Waals surface area contributed by atoms with Gasteiger partial charge in [-0.1, -0.05) is 67.9 Å². The highest BCUT2D eigenvalue weighted by Crippen LogP contribution is 2.23. The molecule has 1 aromatic heterocycles. The average Bonchev–Trinajstić information content (AvgIpc) is 3.07. The second-order valence-electron chi connectivity index (χ2n) is 7.69. The number of benzene rings is 2. The number of aryl methyl sites for hydroxylation is 1. The number of nitrogens with zero attached hydrogens (tertiary/aromatic N) is 2. The number of nitrogens with one attached hydrogen (secondary N) is 2. The van der Waals surface area contributed by atoms with E-state index >= 15 is 0 Å². The van der Waals surface area contributed by atoms with Gasteiger partial charge >= 0.3 is 0 Å². The molecule has 0 aliphatic rings. The molecule has 1 amide bonds. The van der Waals surface area contributed by atoms with Crippen molar-refractivity contribution in [1.82, 2.24) is 20.1 Å². The van der Waals surface area contributed by atoms with E-state index in [1.807, 2.05) is 47.9 Å². The van der Waals surface area contributed by atoms with Crippen LogP contribution >= 0.6 is 12.2 Å². The van der Waals surface area contributed by atoms with Gasteiger partial charge in [0.15, 0.2) is 10.6 Å². The molecule has 152 valence electrons. The second kappa shape index (κ2) is 9.65. The predicted octanol–water partition coefficient (Wildman–Crippen LogP) is 4.86. The van der Waals surface area contributed by atoms with E-state index in [1.54, 1.807) is 0 Å². The lowest BCUT2D eigenvalue weighted by Gasteiger charge is -2.22. The van der Waals surface area contributed by atoms with Crippen molar-refractivity contribution in [1.29, 1.82) is 0 Å². The van der Waals surface area contributed by atoms with Crippen LogP contribution in [0.5, 0.6) is 0 Å². The van der Waals surface area contributed by atoms with E-state index in [0.717, 1.165) is 17.0 Å². The number of hydrogen-bond donors (Lipinski definition) is 2. The van der Waals surface area contributed by atoms with Gasteiger partial charge in [0.2, 0.25) is 5.91 Å². The van der Waals surface area contributed by atoms with Gasteiger partial charge < -0.3 is 5.32 Å². The quantitative estimate of drug-likeness (QED) is 0.523. The van der Waals surface area contributed by atoms with Crippen molar-refractivity contribution in [3.63, 3.8) is 0 Å². The molecule has 0 aliphatic heterocycles. The molecular formula is C23H28N4OS. The van der Waals surface area contributed by atoms with Crippen LogP contribution in [0.2, 0.25) is 0 Å². The SMILES string of the molecule is Cc1cccc(-c2n[nH]c(=S)n2CCC(=O)NCC(c2ccccc2)C(C)C)c1. The van der Waals surface area contributed by atoms with Gasteiger partial charge in [-0.3, -0.25) is 14.5 Å². The van der Waals surface area contributed by atoms with Crippen molar-refractivity contribution >= 4 is 18.1 Å². The van der Waals surface area contributed by atoms with Crippen LogP contribution < -0.4 is 5.32 Å². The van der Waals surface area contributed by atoms with Crippen LogP contribution in [0.4, 0.5) is 0 Å². The molecular weight excluding hydrogens is 380 g/mol. The fourth-order valence-electron chi connectivity index (χ4n) is 3.49. The molecule has 3 rings (SSSR count). The number of aromatic amines is 1. The van der Waals surface area contributed by atoms with Crippen LogP contribution in [0.3, 0.4) is 0 Å². The van der Waals surface area contributed by atoms with Crippen LogP contribution in [0.25, 0.3) is 11.4 Å². The van der Waals surface area contributed by atoms with Gasteiger partial charge in [0.25, 0.3) is 0 Å². The minimum atomic E-state index is 0.0184. The van der Waals surface area contributed by atoms with Crippen molar-refractivity contribution in [2.24, 2.45) is 5.92 Å². The zero-order valence-electron chi connectivity index (χ0n) is 17.2. The highest BCUT2D eigenvalue weighted by atomic mass is 32.1. The summed E-state index contributed by atoms with van der Waals surface area (Å²) in [4.78, 5) is 12.5. The normalized spacial score (nSPS) is 12.1. The summed E-state index contributed by atoms with van der Waals surface area (Å²) >= 11 is 5.38. The molecule has 0 radical (unpaired) electrons. The summed E-state index contributed by atoms with van der Waals surface area (Å²) in [5.41, 5.74) is 3.39. The number of carbonyl (C=O) groups is 1. The number of hydrogen-bond acceptors (Lipinski definition) is 3. The van der Waals surface area contributed by atoms with Gasteiger partial charge in [0, 0.05) is 31.0 Å². The summed E-state index contributed by atoms with van der Waals surface area (Å²) in [6.07, 6.45) is 0.353. The molecule has 2 N–H and O–H groups in total. The summed E-state index contributed by atoms with van der Waals surface area (Å²) < 4.78 is 2.42. The van der Waals surface area contributed by atoms with Gasteiger partial charge in [0.05, 0.1) is 0 Å². The molecule has 0 aliphatic carbocycles. The van der Waals surface area contributed by atoms with Crippen molar-refractivity contribution in [3.05, 3.63) is 70.5 Å². The Morgan fingerprint density at radius 3 is 2.62 bits per heavy atom. The van der Waals surface area contributed by atoms with Gasteiger partial charge in [-0.05, 0) is 36.7 Å². The average molecular weight is 409 g/mol. The smallest absolute Gasteiger partial charge is 0.221 e. The lowest BCUT2D eigenvalue weighted by atomic mass is 9.88. The number of amides is 1. The zero-order chi connectivity index (χ0) is 20.8. The lowest BCUT2D eigenvalue weighted by Crippen LogP contribution is -2.31. The third kappa shape index (κ3) is 5.41. The lowest BCUT2D eigenvalue weighted by molar-refractivity contribution is -0.121. The second-order valence-corrected chi connectivity index (χ2v) is 8.08. The molecule has 1 unspecified atom stereocenters. The van der Waals surface area contributed by atoms with Crippen LogP contribution in [0.1, 0.15) is 37.3 Å². The Morgan fingerprint density at radius 2 is 1.93 bits per heavy atom. The number of rotatable bonds is 8. The van der Waals surface area contributed by atoms with E-state index in [4.69, 9.17) is 12.2 Å². The molecule has 6 heteroatoms. The zero-order valence-corrected chi connectivity index (χ0v) is 18.0. The first-order valence-electron chi connectivity index (χ1n) is 9.99.